The highest BCUT2D eigenvalue weighted by Gasteiger charge is 2.31. The van der Waals surface area contributed by atoms with Crippen LogP contribution in [0.1, 0.15) is 40.9 Å². The molecule has 0 bridgehead atoms. The number of hydrogen-bond acceptors (Lipinski definition) is 4. The van der Waals surface area contributed by atoms with Gasteiger partial charge in [-0.2, -0.15) is 5.10 Å². The summed E-state index contributed by atoms with van der Waals surface area (Å²) >= 11 is 1.39. The van der Waals surface area contributed by atoms with Gasteiger partial charge in [-0.3, -0.25) is 14.3 Å². The second-order valence-corrected chi connectivity index (χ2v) is 8.10. The number of nitrogens with zero attached hydrogens (tertiary/aromatic N) is 4. The highest BCUT2D eigenvalue weighted by molar-refractivity contribution is 7.20. The van der Waals surface area contributed by atoms with E-state index in [1.807, 2.05) is 50.2 Å². The zero-order valence-corrected chi connectivity index (χ0v) is 16.7. The van der Waals surface area contributed by atoms with Gasteiger partial charge in [-0.25, -0.2) is 0 Å². The second-order valence-electron chi connectivity index (χ2n) is 7.07. The average Bonchev–Trinajstić information content (AvgIpc) is 3.33. The molecular weight excluding hydrogens is 362 g/mol. The van der Waals surface area contributed by atoms with E-state index in [9.17, 15) is 9.59 Å². The molecule has 3 aromatic rings. The third-order valence-electron chi connectivity index (χ3n) is 5.26. The number of hydrogen-bond donors (Lipinski definition) is 1. The first kappa shape index (κ1) is 17.8. The van der Waals surface area contributed by atoms with Gasteiger partial charge < -0.3 is 14.8 Å². The number of aryl methyl sites for hydroxylation is 2. The topological polar surface area (TPSA) is 72.2 Å². The minimum atomic E-state index is -0.578. The van der Waals surface area contributed by atoms with Crippen LogP contribution in [-0.2, 0) is 18.4 Å². The first-order chi connectivity index (χ1) is 12.9. The Hall–Kier alpha value is -2.61. The van der Waals surface area contributed by atoms with Crippen LogP contribution in [0, 0.1) is 6.92 Å². The van der Waals surface area contributed by atoms with Crippen LogP contribution in [-0.4, -0.2) is 43.6 Å². The van der Waals surface area contributed by atoms with E-state index < -0.39 is 6.04 Å². The van der Waals surface area contributed by atoms with Crippen molar-refractivity contribution in [1.82, 2.24) is 24.6 Å². The molecule has 0 saturated heterocycles. The number of nitrogens with one attached hydrogen (secondary N) is 1. The zero-order valence-electron chi connectivity index (χ0n) is 15.9. The Balaban J connectivity index is 1.48. The summed E-state index contributed by atoms with van der Waals surface area (Å²) in [6.45, 7) is 7.13. The maximum absolute atomic E-state index is 12.9. The van der Waals surface area contributed by atoms with Gasteiger partial charge in [0.1, 0.15) is 10.9 Å². The Morgan fingerprint density at radius 1 is 1.37 bits per heavy atom. The predicted octanol–water partition coefficient (Wildman–Crippen LogP) is 2.47. The Bertz CT molecular complexity index is 996. The summed E-state index contributed by atoms with van der Waals surface area (Å²) in [4.78, 5) is 29.0. The molecule has 1 N–H and O–H groups in total. The summed E-state index contributed by atoms with van der Waals surface area (Å²) in [6.07, 6.45) is 2.04. The van der Waals surface area contributed by atoms with Gasteiger partial charge in [0.25, 0.3) is 5.91 Å². The molecule has 0 aliphatic carbocycles. The van der Waals surface area contributed by atoms with E-state index in [0.29, 0.717) is 11.4 Å². The van der Waals surface area contributed by atoms with Crippen LogP contribution in [0.5, 0.6) is 0 Å². The largest absolute Gasteiger partial charge is 0.348 e. The summed E-state index contributed by atoms with van der Waals surface area (Å²) in [5.74, 6) is -0.272. The molecule has 4 heterocycles. The van der Waals surface area contributed by atoms with Crippen LogP contribution in [0.15, 0.2) is 24.4 Å². The molecule has 1 aliphatic heterocycles. The fourth-order valence-electron chi connectivity index (χ4n) is 3.78. The van der Waals surface area contributed by atoms with Crippen LogP contribution in [0.25, 0.3) is 10.2 Å². The number of carbonyl (C=O) groups is 2. The monoisotopic (exact) mass is 385 g/mol. The van der Waals surface area contributed by atoms with Crippen molar-refractivity contribution < 1.29 is 9.59 Å². The molecule has 0 saturated carbocycles. The molecule has 2 unspecified atom stereocenters. The minimum Gasteiger partial charge on any atom is -0.348 e. The standard InChI is InChI=1S/C19H23N5O2S/c1-11-14-10-16(27-19(14)22(4)21-11)17(25)20-12(2)18(26)24-9-8-23-7-5-6-15(23)13(24)3/h5-7,10,12-13H,8-9H2,1-4H3,(H,20,25). The van der Waals surface area contributed by atoms with Crippen molar-refractivity contribution >= 4 is 33.4 Å². The number of aromatic nitrogens is 3. The highest BCUT2D eigenvalue weighted by atomic mass is 32.1. The maximum atomic E-state index is 12.9. The molecule has 8 heteroatoms. The Labute approximate surface area is 161 Å². The van der Waals surface area contributed by atoms with E-state index in [4.69, 9.17) is 0 Å². The number of amides is 2. The molecule has 3 aromatic heterocycles. The lowest BCUT2D eigenvalue weighted by Gasteiger charge is -2.36. The van der Waals surface area contributed by atoms with E-state index >= 15 is 0 Å². The fraction of sp³-hybridized carbons (Fsp3) is 0.421. The van der Waals surface area contributed by atoms with Crippen LogP contribution in [0.3, 0.4) is 0 Å². The van der Waals surface area contributed by atoms with E-state index in [0.717, 1.165) is 28.1 Å². The number of rotatable bonds is 3. The summed E-state index contributed by atoms with van der Waals surface area (Å²) in [6, 6.07) is 5.32. The Morgan fingerprint density at radius 3 is 2.89 bits per heavy atom. The van der Waals surface area contributed by atoms with E-state index in [2.05, 4.69) is 15.0 Å². The molecule has 27 heavy (non-hydrogen) atoms. The van der Waals surface area contributed by atoms with Gasteiger partial charge in [0.05, 0.1) is 16.6 Å². The quantitative estimate of drug-likeness (QED) is 0.753. The van der Waals surface area contributed by atoms with Crippen molar-refractivity contribution in [2.45, 2.75) is 39.4 Å². The molecule has 142 valence electrons. The molecule has 1 aliphatic rings. The van der Waals surface area contributed by atoms with E-state index in [1.165, 1.54) is 11.3 Å². The lowest BCUT2D eigenvalue weighted by atomic mass is 10.1. The van der Waals surface area contributed by atoms with Crippen LogP contribution in [0.4, 0.5) is 0 Å². The second kappa shape index (κ2) is 6.53. The molecule has 2 atom stereocenters. The lowest BCUT2D eigenvalue weighted by Crippen LogP contribution is -2.50. The first-order valence-corrected chi connectivity index (χ1v) is 9.88. The number of fused-ring (bicyclic) bond motifs is 2. The van der Waals surface area contributed by atoms with Gasteiger partial charge >= 0.3 is 0 Å². The molecule has 0 fully saturated rings. The van der Waals surface area contributed by atoms with E-state index in [1.54, 1.807) is 11.6 Å². The smallest absolute Gasteiger partial charge is 0.262 e. The summed E-state index contributed by atoms with van der Waals surface area (Å²) in [5, 5.41) is 8.20. The Morgan fingerprint density at radius 2 is 2.15 bits per heavy atom. The van der Waals surface area contributed by atoms with Crippen LogP contribution < -0.4 is 5.32 Å². The van der Waals surface area contributed by atoms with Crippen molar-refractivity contribution in [2.75, 3.05) is 6.54 Å². The van der Waals surface area contributed by atoms with Gasteiger partial charge in [-0.1, -0.05) is 0 Å². The first-order valence-electron chi connectivity index (χ1n) is 9.06. The third kappa shape index (κ3) is 2.93. The number of carbonyl (C=O) groups excluding carboxylic acids is 2. The van der Waals surface area contributed by atoms with Crippen molar-refractivity contribution in [2.24, 2.45) is 7.05 Å². The van der Waals surface area contributed by atoms with Crippen molar-refractivity contribution in [1.29, 1.82) is 0 Å². The average molecular weight is 385 g/mol. The van der Waals surface area contributed by atoms with Gasteiger partial charge in [0.2, 0.25) is 5.91 Å². The van der Waals surface area contributed by atoms with Crippen LogP contribution >= 0.6 is 11.3 Å². The molecule has 0 radical (unpaired) electrons. The Kier molecular flexibility index (Phi) is 4.30. The maximum Gasteiger partial charge on any atom is 0.262 e. The van der Waals surface area contributed by atoms with Crippen molar-refractivity contribution in [3.63, 3.8) is 0 Å². The van der Waals surface area contributed by atoms with Gasteiger partial charge in [0, 0.05) is 37.4 Å². The molecule has 0 aromatic carbocycles. The summed E-state index contributed by atoms with van der Waals surface area (Å²) in [5.41, 5.74) is 2.03. The fourth-order valence-corrected chi connectivity index (χ4v) is 4.80. The summed E-state index contributed by atoms with van der Waals surface area (Å²) in [7, 11) is 1.87. The van der Waals surface area contributed by atoms with Crippen LogP contribution in [0.2, 0.25) is 0 Å². The molecule has 7 nitrogen and oxygen atoms in total. The molecule has 4 rings (SSSR count). The van der Waals surface area contributed by atoms with Crippen molar-refractivity contribution in [3.8, 4) is 0 Å². The highest BCUT2D eigenvalue weighted by Crippen LogP contribution is 2.28. The third-order valence-corrected chi connectivity index (χ3v) is 6.46. The molecule has 2 amide bonds. The minimum absolute atomic E-state index is 0.00125. The van der Waals surface area contributed by atoms with Crippen molar-refractivity contribution in [3.05, 3.63) is 40.7 Å². The normalized spacial score (nSPS) is 17.8. The van der Waals surface area contributed by atoms with E-state index in [-0.39, 0.29) is 17.9 Å². The zero-order chi connectivity index (χ0) is 19.3. The molecular formula is C19H23N5O2S. The van der Waals surface area contributed by atoms with Gasteiger partial charge in [-0.15, -0.1) is 11.3 Å². The lowest BCUT2D eigenvalue weighted by molar-refractivity contribution is -0.136. The number of thiophene rings is 1. The van der Waals surface area contributed by atoms with Gasteiger partial charge in [0.15, 0.2) is 0 Å². The summed E-state index contributed by atoms with van der Waals surface area (Å²) < 4.78 is 3.95. The predicted molar refractivity (Wildman–Crippen MR) is 105 cm³/mol. The molecule has 0 spiro atoms. The van der Waals surface area contributed by atoms with Gasteiger partial charge in [-0.05, 0) is 39.0 Å². The SMILES string of the molecule is Cc1nn(C)c2sc(C(=O)NC(C)C(=O)N3CCn4cccc4C3C)cc12.